The molecule has 0 saturated carbocycles. The van der Waals surface area contributed by atoms with Crippen LogP contribution < -0.4 is 5.32 Å². The van der Waals surface area contributed by atoms with Crippen molar-refractivity contribution < 1.29 is 17.4 Å². The van der Waals surface area contributed by atoms with Crippen molar-refractivity contribution in [2.75, 3.05) is 39.3 Å². The van der Waals surface area contributed by atoms with E-state index in [4.69, 9.17) is 8.94 Å². The summed E-state index contributed by atoms with van der Waals surface area (Å²) in [5.41, 5.74) is 1.37. The number of aliphatic imine (C=N–C) groups is 1. The summed E-state index contributed by atoms with van der Waals surface area (Å²) in [5.74, 6) is 1.51. The molecule has 1 aliphatic rings. The molecule has 158 valence electrons. The van der Waals surface area contributed by atoms with Gasteiger partial charge in [0.05, 0.1) is 18.5 Å². The van der Waals surface area contributed by atoms with E-state index in [9.17, 15) is 8.42 Å². The molecule has 0 unspecified atom stereocenters. The summed E-state index contributed by atoms with van der Waals surface area (Å²) < 4.78 is 36.8. The Morgan fingerprint density at radius 3 is 2.69 bits per heavy atom. The van der Waals surface area contributed by atoms with Crippen molar-refractivity contribution >= 4 is 16.0 Å². The lowest BCUT2D eigenvalue weighted by Gasteiger charge is -2.35. The molecule has 9 nitrogen and oxygen atoms in total. The molecule has 29 heavy (non-hydrogen) atoms. The maximum atomic E-state index is 12.6. The van der Waals surface area contributed by atoms with Gasteiger partial charge in [0.1, 0.15) is 17.8 Å². The monoisotopic (exact) mass is 421 g/mol. The Balaban J connectivity index is 1.56. The lowest BCUT2D eigenvalue weighted by atomic mass is 10.3. The van der Waals surface area contributed by atoms with E-state index in [1.165, 1.54) is 10.6 Å². The van der Waals surface area contributed by atoms with Crippen LogP contribution in [-0.2, 0) is 22.2 Å². The molecular weight excluding hydrogens is 394 g/mol. The van der Waals surface area contributed by atoms with Crippen LogP contribution in [0.2, 0.25) is 0 Å². The van der Waals surface area contributed by atoms with Crippen LogP contribution >= 0.6 is 0 Å². The number of rotatable bonds is 8. The molecule has 0 bridgehead atoms. The standard InChI is InChI=1S/C19H27N5O4S/c1-16(2)14-21-19(20-7-5-18-4-3-12-27-18)23-8-10-24(11-9-23)29(25,26)15-17-6-13-28-22-17/h3-4,6,12-13H,1,5,7-11,14-15H2,2H3,(H,20,21). The number of hydrogen-bond donors (Lipinski definition) is 1. The number of nitrogens with one attached hydrogen (secondary N) is 1. The van der Waals surface area contributed by atoms with E-state index >= 15 is 0 Å². The predicted molar refractivity (Wildman–Crippen MR) is 110 cm³/mol. The van der Waals surface area contributed by atoms with Crippen LogP contribution in [0.3, 0.4) is 0 Å². The number of aromatic nitrogens is 1. The summed E-state index contributed by atoms with van der Waals surface area (Å²) in [6.45, 7) is 8.93. The highest BCUT2D eigenvalue weighted by atomic mass is 32.2. The largest absolute Gasteiger partial charge is 0.469 e. The minimum absolute atomic E-state index is 0.151. The maximum Gasteiger partial charge on any atom is 0.220 e. The first-order valence-electron chi connectivity index (χ1n) is 9.51. The van der Waals surface area contributed by atoms with Gasteiger partial charge in [0, 0.05) is 45.2 Å². The van der Waals surface area contributed by atoms with E-state index in [0.29, 0.717) is 45.0 Å². The van der Waals surface area contributed by atoms with Gasteiger partial charge < -0.3 is 19.2 Å². The Labute approximate surface area is 171 Å². The fourth-order valence-corrected chi connectivity index (χ4v) is 4.42. The summed E-state index contributed by atoms with van der Waals surface area (Å²) in [7, 11) is -3.43. The van der Waals surface area contributed by atoms with E-state index in [0.717, 1.165) is 23.7 Å². The molecule has 3 heterocycles. The Kier molecular flexibility index (Phi) is 7.10. The zero-order chi connectivity index (χ0) is 20.7. The highest BCUT2D eigenvalue weighted by Crippen LogP contribution is 2.13. The van der Waals surface area contributed by atoms with Crippen LogP contribution in [0.5, 0.6) is 0 Å². The quantitative estimate of drug-likeness (QED) is 0.391. The topological polar surface area (TPSA) is 104 Å². The van der Waals surface area contributed by atoms with Gasteiger partial charge in [-0.1, -0.05) is 17.3 Å². The Morgan fingerprint density at radius 2 is 2.07 bits per heavy atom. The molecule has 1 saturated heterocycles. The van der Waals surface area contributed by atoms with Crippen LogP contribution in [0, 0.1) is 0 Å². The normalized spacial score (nSPS) is 16.2. The summed E-state index contributed by atoms with van der Waals surface area (Å²) >= 11 is 0. The number of hydrogen-bond acceptors (Lipinski definition) is 6. The third-order valence-corrected chi connectivity index (χ3v) is 6.30. The molecule has 10 heteroatoms. The molecule has 0 spiro atoms. The minimum Gasteiger partial charge on any atom is -0.469 e. The first kappa shape index (κ1) is 21.1. The van der Waals surface area contributed by atoms with Gasteiger partial charge in [-0.25, -0.2) is 13.4 Å². The summed E-state index contributed by atoms with van der Waals surface area (Å²) in [4.78, 5) is 6.70. The number of furan rings is 1. The van der Waals surface area contributed by atoms with Crippen molar-refractivity contribution in [2.24, 2.45) is 4.99 Å². The van der Waals surface area contributed by atoms with Crippen LogP contribution in [0.4, 0.5) is 0 Å². The molecule has 1 fully saturated rings. The zero-order valence-corrected chi connectivity index (χ0v) is 17.4. The van der Waals surface area contributed by atoms with Gasteiger partial charge in [-0.15, -0.1) is 0 Å². The third kappa shape index (κ3) is 6.20. The average Bonchev–Trinajstić information content (AvgIpc) is 3.38. The molecule has 0 amide bonds. The number of nitrogens with zero attached hydrogens (tertiary/aromatic N) is 4. The van der Waals surface area contributed by atoms with Gasteiger partial charge in [-0.3, -0.25) is 0 Å². The van der Waals surface area contributed by atoms with Crippen molar-refractivity contribution in [1.82, 2.24) is 19.7 Å². The van der Waals surface area contributed by atoms with Gasteiger partial charge in [0.25, 0.3) is 0 Å². The van der Waals surface area contributed by atoms with Gasteiger partial charge in [-0.05, 0) is 19.1 Å². The van der Waals surface area contributed by atoms with E-state index in [-0.39, 0.29) is 5.75 Å². The van der Waals surface area contributed by atoms with E-state index < -0.39 is 10.0 Å². The average molecular weight is 422 g/mol. The number of guanidine groups is 1. The highest BCUT2D eigenvalue weighted by molar-refractivity contribution is 7.88. The maximum absolute atomic E-state index is 12.6. The lowest BCUT2D eigenvalue weighted by Crippen LogP contribution is -2.54. The predicted octanol–water partition coefficient (Wildman–Crippen LogP) is 1.48. The lowest BCUT2D eigenvalue weighted by molar-refractivity contribution is 0.259. The van der Waals surface area contributed by atoms with Gasteiger partial charge in [0.2, 0.25) is 10.0 Å². The number of piperazine rings is 1. The van der Waals surface area contributed by atoms with Gasteiger partial charge in [-0.2, -0.15) is 4.31 Å². The second-order valence-corrected chi connectivity index (χ2v) is 8.96. The fraction of sp³-hybridized carbons (Fsp3) is 0.474. The van der Waals surface area contributed by atoms with Crippen molar-refractivity contribution in [3.05, 3.63) is 54.3 Å². The van der Waals surface area contributed by atoms with Gasteiger partial charge in [0.15, 0.2) is 5.96 Å². The minimum atomic E-state index is -3.43. The third-order valence-electron chi connectivity index (χ3n) is 4.49. The van der Waals surface area contributed by atoms with Crippen molar-refractivity contribution in [1.29, 1.82) is 0 Å². The van der Waals surface area contributed by atoms with Crippen LogP contribution in [-0.4, -0.2) is 68.0 Å². The zero-order valence-electron chi connectivity index (χ0n) is 16.6. The Hall–Kier alpha value is -2.59. The van der Waals surface area contributed by atoms with Crippen LogP contribution in [0.25, 0.3) is 0 Å². The first-order chi connectivity index (χ1) is 13.9. The summed E-state index contributed by atoms with van der Waals surface area (Å²) in [5, 5.41) is 7.06. The van der Waals surface area contributed by atoms with E-state index in [1.807, 2.05) is 19.1 Å². The smallest absolute Gasteiger partial charge is 0.220 e. The van der Waals surface area contributed by atoms with Crippen molar-refractivity contribution in [2.45, 2.75) is 19.1 Å². The molecule has 0 aliphatic carbocycles. The van der Waals surface area contributed by atoms with E-state index in [1.54, 1.807) is 12.3 Å². The summed E-state index contributed by atoms with van der Waals surface area (Å²) in [6.07, 6.45) is 3.77. The second kappa shape index (κ2) is 9.75. The molecule has 2 aromatic heterocycles. The molecule has 1 N–H and O–H groups in total. The first-order valence-corrected chi connectivity index (χ1v) is 11.1. The molecule has 1 aliphatic heterocycles. The van der Waals surface area contributed by atoms with Crippen molar-refractivity contribution in [3.63, 3.8) is 0 Å². The summed E-state index contributed by atoms with van der Waals surface area (Å²) in [6, 6.07) is 5.37. The molecule has 2 aromatic rings. The fourth-order valence-electron chi connectivity index (χ4n) is 3.00. The molecule has 0 aromatic carbocycles. The van der Waals surface area contributed by atoms with Crippen LogP contribution in [0.15, 0.2) is 56.8 Å². The molecule has 3 rings (SSSR count). The van der Waals surface area contributed by atoms with Crippen molar-refractivity contribution in [3.8, 4) is 0 Å². The molecule has 0 atom stereocenters. The Bertz CT molecular complexity index is 899. The van der Waals surface area contributed by atoms with E-state index in [2.05, 4.69) is 26.9 Å². The van der Waals surface area contributed by atoms with Gasteiger partial charge >= 0.3 is 0 Å². The molecule has 0 radical (unpaired) electrons. The van der Waals surface area contributed by atoms with Crippen LogP contribution in [0.1, 0.15) is 18.4 Å². The highest BCUT2D eigenvalue weighted by Gasteiger charge is 2.29. The Morgan fingerprint density at radius 1 is 1.28 bits per heavy atom. The number of sulfonamides is 1. The second-order valence-electron chi connectivity index (χ2n) is 6.99. The molecular formula is C19H27N5O4S. The SMILES string of the molecule is C=C(C)CN=C(NCCc1ccco1)N1CCN(S(=O)(=O)Cc2ccon2)CC1.